The Bertz CT molecular complexity index is 599. The van der Waals surface area contributed by atoms with Gasteiger partial charge in [-0.2, -0.15) is 0 Å². The Morgan fingerprint density at radius 3 is 2.68 bits per heavy atom. The van der Waals surface area contributed by atoms with Crippen LogP contribution in [0.2, 0.25) is 5.28 Å². The highest BCUT2D eigenvalue weighted by atomic mass is 35.5. The zero-order valence-corrected chi connectivity index (χ0v) is 12.0. The molecule has 4 heteroatoms. The molecule has 0 spiro atoms. The maximum atomic E-state index is 13.3. The summed E-state index contributed by atoms with van der Waals surface area (Å²) in [5.41, 5.74) is 3.76. The minimum absolute atomic E-state index is 0.165. The maximum absolute atomic E-state index is 13.3. The molecule has 2 nitrogen and oxygen atoms in total. The second kappa shape index (κ2) is 5.66. The molecule has 0 saturated heterocycles. The van der Waals surface area contributed by atoms with Crippen LogP contribution in [-0.4, -0.2) is 9.97 Å². The first kappa shape index (κ1) is 13.9. The van der Waals surface area contributed by atoms with Crippen molar-refractivity contribution >= 4 is 11.6 Å². The highest BCUT2D eigenvalue weighted by molar-refractivity contribution is 6.28. The van der Waals surface area contributed by atoms with Crippen LogP contribution in [0.4, 0.5) is 4.39 Å². The van der Waals surface area contributed by atoms with Crippen LogP contribution < -0.4 is 0 Å². The summed E-state index contributed by atoms with van der Waals surface area (Å²) in [6, 6.07) is 5.25. The van der Waals surface area contributed by atoms with Crippen molar-refractivity contribution in [3.63, 3.8) is 0 Å². The fraction of sp³-hybridized carbons (Fsp3) is 0.333. The third-order valence-corrected chi connectivity index (χ3v) is 3.51. The van der Waals surface area contributed by atoms with Gasteiger partial charge in [0.15, 0.2) is 0 Å². The van der Waals surface area contributed by atoms with E-state index in [0.29, 0.717) is 5.56 Å². The van der Waals surface area contributed by atoms with Crippen molar-refractivity contribution in [3.8, 4) is 0 Å². The van der Waals surface area contributed by atoms with Crippen molar-refractivity contribution in [2.75, 3.05) is 0 Å². The molecular formula is C15H16ClFN2. The van der Waals surface area contributed by atoms with Gasteiger partial charge in [-0.05, 0) is 60.5 Å². The highest BCUT2D eigenvalue weighted by Crippen LogP contribution is 2.23. The van der Waals surface area contributed by atoms with Crippen LogP contribution in [-0.2, 0) is 6.42 Å². The van der Waals surface area contributed by atoms with Gasteiger partial charge in [0.05, 0.1) is 0 Å². The Kier molecular flexibility index (Phi) is 4.15. The molecule has 0 aliphatic heterocycles. The Morgan fingerprint density at radius 1 is 1.32 bits per heavy atom. The number of hydrogen-bond donors (Lipinski definition) is 0. The van der Waals surface area contributed by atoms with E-state index in [9.17, 15) is 4.39 Å². The largest absolute Gasteiger partial charge is 0.226 e. The van der Waals surface area contributed by atoms with E-state index in [2.05, 4.69) is 16.9 Å². The van der Waals surface area contributed by atoms with Gasteiger partial charge in [-0.1, -0.05) is 19.1 Å². The Balaban J connectivity index is 2.20. The van der Waals surface area contributed by atoms with E-state index in [1.165, 1.54) is 6.07 Å². The van der Waals surface area contributed by atoms with Crippen molar-refractivity contribution < 1.29 is 4.39 Å². The van der Waals surface area contributed by atoms with Gasteiger partial charge >= 0.3 is 0 Å². The molecule has 100 valence electrons. The number of hydrogen-bond acceptors (Lipinski definition) is 2. The van der Waals surface area contributed by atoms with Crippen LogP contribution in [0.15, 0.2) is 24.4 Å². The standard InChI is InChI=1S/C15H16ClFN2/c1-9(12-4-5-14(17)10(2)7-12)6-13-8-18-15(16)19-11(13)3/h4-5,7-9H,6H2,1-3H3. The third-order valence-electron chi connectivity index (χ3n) is 3.33. The fourth-order valence-electron chi connectivity index (χ4n) is 2.09. The van der Waals surface area contributed by atoms with E-state index in [0.717, 1.165) is 23.2 Å². The molecule has 0 amide bonds. The number of aromatic nitrogens is 2. The summed E-state index contributed by atoms with van der Waals surface area (Å²) in [6.07, 6.45) is 2.58. The smallest absolute Gasteiger partial charge is 0.222 e. The molecule has 1 atom stereocenters. The molecular weight excluding hydrogens is 263 g/mol. The molecule has 1 heterocycles. The summed E-state index contributed by atoms with van der Waals surface area (Å²) in [6.45, 7) is 5.81. The molecule has 0 aliphatic rings. The third kappa shape index (κ3) is 3.29. The topological polar surface area (TPSA) is 25.8 Å². The lowest BCUT2D eigenvalue weighted by Gasteiger charge is -2.14. The monoisotopic (exact) mass is 278 g/mol. The van der Waals surface area contributed by atoms with Crippen LogP contribution in [0.25, 0.3) is 0 Å². The van der Waals surface area contributed by atoms with Crippen molar-refractivity contribution in [1.29, 1.82) is 0 Å². The second-order valence-corrected chi connectivity index (χ2v) is 5.20. The lowest BCUT2D eigenvalue weighted by Crippen LogP contribution is -2.03. The summed E-state index contributed by atoms with van der Waals surface area (Å²) < 4.78 is 13.3. The van der Waals surface area contributed by atoms with Gasteiger partial charge in [0.25, 0.3) is 0 Å². The second-order valence-electron chi connectivity index (χ2n) is 4.86. The van der Waals surface area contributed by atoms with E-state index in [1.54, 1.807) is 13.1 Å². The summed E-state index contributed by atoms with van der Waals surface area (Å²) in [7, 11) is 0. The molecule has 0 N–H and O–H groups in total. The Labute approximate surface area is 117 Å². The van der Waals surface area contributed by atoms with Crippen LogP contribution in [0.3, 0.4) is 0 Å². The molecule has 0 saturated carbocycles. The van der Waals surface area contributed by atoms with Gasteiger partial charge in [0.2, 0.25) is 5.28 Å². The van der Waals surface area contributed by atoms with Crippen LogP contribution in [0.5, 0.6) is 0 Å². The first-order chi connectivity index (χ1) is 8.97. The van der Waals surface area contributed by atoms with Crippen molar-refractivity contribution in [2.45, 2.75) is 33.1 Å². The van der Waals surface area contributed by atoms with Gasteiger partial charge < -0.3 is 0 Å². The lowest BCUT2D eigenvalue weighted by molar-refractivity contribution is 0.615. The number of benzene rings is 1. The molecule has 0 aliphatic carbocycles. The molecule has 2 aromatic rings. The average Bonchev–Trinajstić information content (AvgIpc) is 2.36. The Morgan fingerprint density at radius 2 is 2.05 bits per heavy atom. The molecule has 1 aromatic heterocycles. The minimum Gasteiger partial charge on any atom is -0.226 e. The van der Waals surface area contributed by atoms with Crippen LogP contribution in [0.1, 0.15) is 35.2 Å². The first-order valence-electron chi connectivity index (χ1n) is 6.21. The number of nitrogens with zero attached hydrogens (tertiary/aromatic N) is 2. The first-order valence-corrected chi connectivity index (χ1v) is 6.59. The quantitative estimate of drug-likeness (QED) is 0.785. The van der Waals surface area contributed by atoms with Gasteiger partial charge in [0, 0.05) is 11.9 Å². The van der Waals surface area contributed by atoms with E-state index in [4.69, 9.17) is 11.6 Å². The van der Waals surface area contributed by atoms with E-state index in [1.807, 2.05) is 19.1 Å². The van der Waals surface area contributed by atoms with Gasteiger partial charge in [-0.25, -0.2) is 14.4 Å². The minimum atomic E-state index is -0.165. The maximum Gasteiger partial charge on any atom is 0.222 e. The summed E-state index contributed by atoms with van der Waals surface area (Å²) in [5.74, 6) is 0.115. The Hall–Kier alpha value is -1.48. The number of aryl methyl sites for hydroxylation is 2. The zero-order valence-electron chi connectivity index (χ0n) is 11.2. The van der Waals surface area contributed by atoms with E-state index in [-0.39, 0.29) is 17.0 Å². The zero-order chi connectivity index (χ0) is 14.0. The SMILES string of the molecule is Cc1cc(C(C)Cc2cnc(Cl)nc2C)ccc1F. The average molecular weight is 279 g/mol. The summed E-state index contributed by atoms with van der Waals surface area (Å²) >= 11 is 5.74. The predicted molar refractivity (Wildman–Crippen MR) is 75.0 cm³/mol. The van der Waals surface area contributed by atoms with Gasteiger partial charge in [0.1, 0.15) is 5.82 Å². The van der Waals surface area contributed by atoms with Crippen molar-refractivity contribution in [2.24, 2.45) is 0 Å². The molecule has 2 rings (SSSR count). The van der Waals surface area contributed by atoms with Crippen LogP contribution >= 0.6 is 11.6 Å². The normalized spacial score (nSPS) is 12.5. The van der Waals surface area contributed by atoms with Crippen LogP contribution in [0, 0.1) is 19.7 Å². The molecule has 0 radical (unpaired) electrons. The highest BCUT2D eigenvalue weighted by Gasteiger charge is 2.11. The van der Waals surface area contributed by atoms with E-state index < -0.39 is 0 Å². The van der Waals surface area contributed by atoms with E-state index >= 15 is 0 Å². The molecule has 0 fully saturated rings. The molecule has 1 unspecified atom stereocenters. The molecule has 0 bridgehead atoms. The predicted octanol–water partition coefficient (Wildman–Crippen LogP) is 4.23. The fourth-order valence-corrected chi connectivity index (χ4v) is 2.26. The summed E-state index contributed by atoms with van der Waals surface area (Å²) in [5, 5.41) is 0.270. The summed E-state index contributed by atoms with van der Waals surface area (Å²) in [4.78, 5) is 8.16. The molecule has 1 aromatic carbocycles. The molecule has 19 heavy (non-hydrogen) atoms. The lowest BCUT2D eigenvalue weighted by atomic mass is 9.93. The van der Waals surface area contributed by atoms with Crippen molar-refractivity contribution in [1.82, 2.24) is 9.97 Å². The van der Waals surface area contributed by atoms with Gasteiger partial charge in [-0.15, -0.1) is 0 Å². The number of halogens is 2. The number of rotatable bonds is 3. The van der Waals surface area contributed by atoms with Crippen molar-refractivity contribution in [3.05, 3.63) is 57.9 Å². The van der Waals surface area contributed by atoms with Gasteiger partial charge in [-0.3, -0.25) is 0 Å².